The molecule has 1 aromatic rings. The Morgan fingerprint density at radius 3 is 1.89 bits per heavy atom. The van der Waals surface area contributed by atoms with Crippen LogP contribution in [0.4, 0.5) is 0 Å². The minimum absolute atomic E-state index is 0.261. The van der Waals surface area contributed by atoms with Crippen molar-refractivity contribution in [2.75, 3.05) is 0 Å². The third-order valence-electron chi connectivity index (χ3n) is 4.65. The van der Waals surface area contributed by atoms with Gasteiger partial charge in [-0.05, 0) is 0 Å². The van der Waals surface area contributed by atoms with Crippen molar-refractivity contribution in [2.24, 2.45) is 0 Å². The molecule has 1 heterocycles. The number of hydrogen-bond donors (Lipinski definition) is 0. The van der Waals surface area contributed by atoms with Crippen molar-refractivity contribution in [2.45, 2.75) is 59.7 Å². The van der Waals surface area contributed by atoms with Gasteiger partial charge in [0.05, 0.1) is 0 Å². The van der Waals surface area contributed by atoms with Crippen LogP contribution < -0.4 is 9.86 Å². The molecule has 0 saturated carbocycles. The molecule has 1 aliphatic rings. The molecule has 1 aliphatic heterocycles. The van der Waals surface area contributed by atoms with Gasteiger partial charge in [-0.2, -0.15) is 0 Å². The van der Waals surface area contributed by atoms with E-state index < -0.39 is 0 Å². The van der Waals surface area contributed by atoms with Gasteiger partial charge in [0.15, 0.2) is 0 Å². The summed E-state index contributed by atoms with van der Waals surface area (Å²) in [5.41, 5.74) is 4.50. The van der Waals surface area contributed by atoms with E-state index in [1.807, 2.05) is 0 Å². The first-order chi connectivity index (χ1) is 8.57. The van der Waals surface area contributed by atoms with Crippen LogP contribution in [0.2, 0.25) is 0 Å². The second kappa shape index (κ2) is 4.64. The van der Waals surface area contributed by atoms with E-state index in [1.165, 1.54) is 26.5 Å². The normalized spacial score (nSPS) is 20.9. The van der Waals surface area contributed by atoms with Crippen LogP contribution >= 0.6 is 0 Å². The molecule has 0 aromatic heterocycles. The minimum atomic E-state index is -0.284. The van der Waals surface area contributed by atoms with Gasteiger partial charge in [0.25, 0.3) is 0 Å². The fourth-order valence-electron chi connectivity index (χ4n) is 2.39. The molecule has 3 radical (unpaired) electrons. The first-order valence-corrected chi connectivity index (χ1v) is 7.79. The van der Waals surface area contributed by atoms with E-state index in [1.54, 1.807) is 0 Å². The Bertz CT molecular complexity index is 481. The fraction of sp³-hybridized carbons (Fsp3) is 0.600. The Hall–Kier alpha value is -0.252. The summed E-state index contributed by atoms with van der Waals surface area (Å²) < 4.78 is 13.7. The van der Waals surface area contributed by atoms with Gasteiger partial charge in [-0.15, -0.1) is 0 Å². The van der Waals surface area contributed by atoms with Crippen molar-refractivity contribution in [3.8, 4) is 0 Å². The summed E-state index contributed by atoms with van der Waals surface area (Å²) in [5.74, 6) is 0. The molecule has 0 spiro atoms. The molecular formula is C15H22BGeO2. The van der Waals surface area contributed by atoms with Crippen molar-refractivity contribution in [3.63, 3.8) is 0 Å². The van der Waals surface area contributed by atoms with Crippen LogP contribution in [0, 0.1) is 20.8 Å². The van der Waals surface area contributed by atoms with Crippen molar-refractivity contribution >= 4 is 33.5 Å². The molecule has 1 saturated heterocycles. The zero-order chi connectivity index (χ0) is 14.6. The molecule has 0 N–H and O–H groups in total. The van der Waals surface area contributed by atoms with Gasteiger partial charge in [-0.1, -0.05) is 0 Å². The summed E-state index contributed by atoms with van der Waals surface area (Å²) in [6, 6.07) is 2.24. The summed E-state index contributed by atoms with van der Waals surface area (Å²) in [6.45, 7) is 14.8. The van der Waals surface area contributed by atoms with E-state index in [9.17, 15) is 0 Å². The van der Waals surface area contributed by atoms with Gasteiger partial charge in [0, 0.05) is 0 Å². The molecule has 0 bridgehead atoms. The summed E-state index contributed by atoms with van der Waals surface area (Å²) in [6.07, 6.45) is 0. The molecule has 1 fully saturated rings. The standard InChI is InChI=1S/C15H22BGeO2/c1-9-8-12(17)11(3)13(10(9)2)16-18-14(4,5)15(6,7)19-16/h8H,1-7H3. The van der Waals surface area contributed by atoms with Crippen LogP contribution in [0.25, 0.3) is 0 Å². The molecule has 0 amide bonds. The monoisotopic (exact) mass is 319 g/mol. The first-order valence-electron chi connectivity index (χ1n) is 6.75. The van der Waals surface area contributed by atoms with E-state index >= 15 is 0 Å². The van der Waals surface area contributed by atoms with Crippen LogP contribution in [0.3, 0.4) is 0 Å². The SMILES string of the molecule is Cc1c[c]([Ge])c(C)c(B2OC(C)(C)C(C)(C)O2)c1C. The maximum atomic E-state index is 6.20. The maximum absolute atomic E-state index is 6.20. The average Bonchev–Trinajstić information content (AvgIpc) is 2.45. The fourth-order valence-corrected chi connectivity index (χ4v) is 3.12. The third-order valence-corrected chi connectivity index (χ3v) is 5.74. The third kappa shape index (κ3) is 2.41. The molecular weight excluding hydrogens is 296 g/mol. The Morgan fingerprint density at radius 1 is 0.947 bits per heavy atom. The second-order valence-electron chi connectivity index (χ2n) is 6.49. The van der Waals surface area contributed by atoms with Crippen LogP contribution in [0.5, 0.6) is 0 Å². The Balaban J connectivity index is 2.51. The Kier molecular flexibility index (Phi) is 3.70. The second-order valence-corrected chi connectivity index (χ2v) is 7.62. The molecule has 19 heavy (non-hydrogen) atoms. The summed E-state index contributed by atoms with van der Waals surface area (Å²) in [7, 11) is -0.261. The molecule has 0 aliphatic carbocycles. The van der Waals surface area contributed by atoms with E-state index in [0.29, 0.717) is 0 Å². The van der Waals surface area contributed by atoms with Gasteiger partial charge in [0.2, 0.25) is 0 Å². The van der Waals surface area contributed by atoms with E-state index in [0.717, 1.165) is 0 Å². The van der Waals surface area contributed by atoms with Crippen molar-refractivity contribution in [1.82, 2.24) is 0 Å². The van der Waals surface area contributed by atoms with Crippen LogP contribution in [-0.4, -0.2) is 34.8 Å². The molecule has 0 unspecified atom stereocenters. The summed E-state index contributed by atoms with van der Waals surface area (Å²) in [5, 5.41) is 0. The molecule has 0 atom stereocenters. The number of benzene rings is 1. The Labute approximate surface area is 125 Å². The van der Waals surface area contributed by atoms with E-state index in [-0.39, 0.29) is 18.3 Å². The zero-order valence-electron chi connectivity index (χ0n) is 13.0. The summed E-state index contributed by atoms with van der Waals surface area (Å²) >= 11 is 2.15. The first kappa shape index (κ1) is 15.1. The van der Waals surface area contributed by atoms with Crippen molar-refractivity contribution in [1.29, 1.82) is 0 Å². The Morgan fingerprint density at radius 2 is 1.42 bits per heavy atom. The average molecular weight is 318 g/mol. The van der Waals surface area contributed by atoms with Crippen LogP contribution in [0.15, 0.2) is 6.07 Å². The molecule has 4 heteroatoms. The van der Waals surface area contributed by atoms with Crippen molar-refractivity contribution in [3.05, 3.63) is 22.8 Å². The predicted octanol–water partition coefficient (Wildman–Crippen LogP) is 1.70. The van der Waals surface area contributed by atoms with Gasteiger partial charge >= 0.3 is 125 Å². The van der Waals surface area contributed by atoms with Gasteiger partial charge in [0.1, 0.15) is 0 Å². The molecule has 1 aromatic carbocycles. The number of aryl methyl sites for hydroxylation is 1. The van der Waals surface area contributed by atoms with Gasteiger partial charge in [-0.25, -0.2) is 0 Å². The van der Waals surface area contributed by atoms with Crippen LogP contribution in [-0.2, 0) is 9.31 Å². The molecule has 2 nitrogen and oxygen atoms in total. The van der Waals surface area contributed by atoms with Crippen LogP contribution in [0.1, 0.15) is 44.4 Å². The zero-order valence-corrected chi connectivity index (χ0v) is 15.1. The predicted molar refractivity (Wildman–Crippen MR) is 81.8 cm³/mol. The molecule has 2 rings (SSSR count). The van der Waals surface area contributed by atoms with Gasteiger partial charge < -0.3 is 0 Å². The number of hydrogen-bond acceptors (Lipinski definition) is 2. The summed E-state index contributed by atoms with van der Waals surface area (Å²) in [4.78, 5) is 0. The topological polar surface area (TPSA) is 18.5 Å². The number of rotatable bonds is 1. The van der Waals surface area contributed by atoms with E-state index in [2.05, 4.69) is 71.0 Å². The van der Waals surface area contributed by atoms with Crippen molar-refractivity contribution < 1.29 is 9.31 Å². The van der Waals surface area contributed by atoms with Gasteiger partial charge in [-0.3, -0.25) is 0 Å². The quantitative estimate of drug-likeness (QED) is 0.734. The molecule has 101 valence electrons. The van der Waals surface area contributed by atoms with E-state index in [4.69, 9.17) is 9.31 Å².